The third-order valence-corrected chi connectivity index (χ3v) is 0.613. The molecule has 0 aromatic rings. The van der Waals surface area contributed by atoms with E-state index in [1.807, 2.05) is 13.8 Å². The first-order valence-electron chi connectivity index (χ1n) is 2.57. The molecule has 0 rings (SSSR count). The fourth-order valence-electron chi connectivity index (χ4n) is 0.199. The van der Waals surface area contributed by atoms with Crippen LogP contribution in [-0.2, 0) is 4.84 Å². The zero-order valence-electron chi connectivity index (χ0n) is 5.14. The Morgan fingerprint density at radius 2 is 2.38 bits per heavy atom. The Labute approximate surface area is 55.1 Å². The van der Waals surface area contributed by atoms with Crippen LogP contribution in [0.2, 0.25) is 0 Å². The highest BCUT2D eigenvalue weighted by atomic mass is 32.1. The number of hydrogen-bond donors (Lipinski definition) is 3. The standard InChI is InChI=1S/C4H12N2OS/c1-3-7-6-5-4(2)8/h4-6,8H,3H2,1-2H3. The van der Waals surface area contributed by atoms with Crippen molar-refractivity contribution in [2.45, 2.75) is 19.2 Å². The first kappa shape index (κ1) is 8.23. The van der Waals surface area contributed by atoms with Gasteiger partial charge in [0.05, 0.1) is 12.0 Å². The molecule has 0 saturated carbocycles. The molecule has 0 heterocycles. The van der Waals surface area contributed by atoms with E-state index in [0.717, 1.165) is 0 Å². The van der Waals surface area contributed by atoms with Crippen LogP contribution in [0.3, 0.4) is 0 Å². The predicted octanol–water partition coefficient (Wildman–Crippen LogP) is 0.308. The van der Waals surface area contributed by atoms with Gasteiger partial charge in [-0.15, -0.1) is 5.59 Å². The minimum absolute atomic E-state index is 0.113. The first-order valence-corrected chi connectivity index (χ1v) is 3.09. The molecule has 0 aromatic heterocycles. The van der Waals surface area contributed by atoms with Crippen molar-refractivity contribution in [3.05, 3.63) is 0 Å². The second kappa shape index (κ2) is 5.37. The van der Waals surface area contributed by atoms with Crippen molar-refractivity contribution in [1.82, 2.24) is 11.0 Å². The minimum Gasteiger partial charge on any atom is -0.287 e. The second-order valence-corrected chi connectivity index (χ2v) is 2.13. The Hall–Kier alpha value is 0.230. The fourth-order valence-corrected chi connectivity index (χ4v) is 0.252. The molecule has 0 spiro atoms. The lowest BCUT2D eigenvalue weighted by atomic mass is 10.8. The summed E-state index contributed by atoms with van der Waals surface area (Å²) in [6.45, 7) is 4.44. The molecule has 1 atom stereocenters. The van der Waals surface area contributed by atoms with Crippen LogP contribution < -0.4 is 11.0 Å². The zero-order valence-corrected chi connectivity index (χ0v) is 6.03. The van der Waals surface area contributed by atoms with E-state index in [1.165, 1.54) is 0 Å². The molecule has 4 heteroatoms. The molecule has 0 radical (unpaired) electrons. The van der Waals surface area contributed by atoms with Crippen molar-refractivity contribution in [2.24, 2.45) is 0 Å². The van der Waals surface area contributed by atoms with Crippen LogP contribution in [0, 0.1) is 0 Å². The summed E-state index contributed by atoms with van der Waals surface area (Å²) < 4.78 is 0. The van der Waals surface area contributed by atoms with Crippen molar-refractivity contribution in [1.29, 1.82) is 0 Å². The Balaban J connectivity index is 2.72. The number of hydrazine groups is 1. The van der Waals surface area contributed by atoms with E-state index < -0.39 is 0 Å². The Morgan fingerprint density at radius 3 is 2.75 bits per heavy atom. The molecule has 0 bridgehead atoms. The molecular formula is C4H12N2OS. The van der Waals surface area contributed by atoms with Crippen LogP contribution in [0.15, 0.2) is 0 Å². The molecule has 0 fully saturated rings. The molecule has 0 aromatic carbocycles. The average molecular weight is 136 g/mol. The van der Waals surface area contributed by atoms with E-state index in [9.17, 15) is 0 Å². The quantitative estimate of drug-likeness (QED) is 0.225. The van der Waals surface area contributed by atoms with Crippen molar-refractivity contribution in [3.8, 4) is 0 Å². The molecule has 1 unspecified atom stereocenters. The topological polar surface area (TPSA) is 33.3 Å². The van der Waals surface area contributed by atoms with Gasteiger partial charge >= 0.3 is 0 Å². The molecule has 0 amide bonds. The van der Waals surface area contributed by atoms with Crippen molar-refractivity contribution >= 4 is 12.6 Å². The van der Waals surface area contributed by atoms with Crippen LogP contribution in [0.1, 0.15) is 13.8 Å². The molecule has 2 N–H and O–H groups in total. The van der Waals surface area contributed by atoms with Crippen molar-refractivity contribution in [3.63, 3.8) is 0 Å². The van der Waals surface area contributed by atoms with Gasteiger partial charge in [-0.1, -0.05) is 0 Å². The molecular weight excluding hydrogens is 124 g/mol. The fraction of sp³-hybridized carbons (Fsp3) is 1.00. The van der Waals surface area contributed by atoms with Gasteiger partial charge in [0.2, 0.25) is 0 Å². The predicted molar refractivity (Wildman–Crippen MR) is 36.3 cm³/mol. The van der Waals surface area contributed by atoms with Gasteiger partial charge in [0.15, 0.2) is 0 Å². The Kier molecular flexibility index (Phi) is 5.52. The van der Waals surface area contributed by atoms with E-state index in [2.05, 4.69) is 23.6 Å². The van der Waals surface area contributed by atoms with Gasteiger partial charge in [-0.25, -0.2) is 5.43 Å². The van der Waals surface area contributed by atoms with E-state index in [4.69, 9.17) is 4.84 Å². The van der Waals surface area contributed by atoms with Crippen LogP contribution in [0.5, 0.6) is 0 Å². The van der Waals surface area contributed by atoms with Gasteiger partial charge in [0.25, 0.3) is 0 Å². The van der Waals surface area contributed by atoms with E-state index in [-0.39, 0.29) is 5.37 Å². The Morgan fingerprint density at radius 1 is 1.75 bits per heavy atom. The van der Waals surface area contributed by atoms with Crippen LogP contribution >= 0.6 is 12.6 Å². The summed E-state index contributed by atoms with van der Waals surface area (Å²) in [5.74, 6) is 0. The average Bonchev–Trinajstić information content (AvgIpc) is 1.66. The summed E-state index contributed by atoms with van der Waals surface area (Å²) in [4.78, 5) is 4.73. The molecule has 0 saturated heterocycles. The third-order valence-electron chi connectivity index (χ3n) is 0.484. The Bertz CT molecular complexity index is 51.3. The van der Waals surface area contributed by atoms with Gasteiger partial charge in [0, 0.05) is 0 Å². The number of thiol groups is 1. The van der Waals surface area contributed by atoms with Crippen molar-refractivity contribution < 1.29 is 4.84 Å². The summed E-state index contributed by atoms with van der Waals surface area (Å²) in [7, 11) is 0. The monoisotopic (exact) mass is 136 g/mol. The molecule has 0 aliphatic rings. The summed E-state index contributed by atoms with van der Waals surface area (Å²) in [5, 5.41) is 0.113. The molecule has 0 aliphatic carbocycles. The molecule has 3 nitrogen and oxygen atoms in total. The van der Waals surface area contributed by atoms with Gasteiger partial charge in [-0.2, -0.15) is 12.6 Å². The maximum Gasteiger partial charge on any atom is 0.0670 e. The maximum atomic E-state index is 4.73. The van der Waals surface area contributed by atoms with E-state index in [1.54, 1.807) is 0 Å². The molecule has 8 heavy (non-hydrogen) atoms. The summed E-state index contributed by atoms with van der Waals surface area (Å²) in [6.07, 6.45) is 0. The van der Waals surface area contributed by atoms with E-state index in [0.29, 0.717) is 6.61 Å². The van der Waals surface area contributed by atoms with Gasteiger partial charge < -0.3 is 0 Å². The van der Waals surface area contributed by atoms with Crippen LogP contribution in [0.4, 0.5) is 0 Å². The zero-order chi connectivity index (χ0) is 6.41. The third kappa shape index (κ3) is 6.23. The lowest BCUT2D eigenvalue weighted by Gasteiger charge is -2.06. The minimum atomic E-state index is 0.113. The van der Waals surface area contributed by atoms with Gasteiger partial charge in [-0.05, 0) is 13.8 Å². The van der Waals surface area contributed by atoms with Crippen LogP contribution in [0.25, 0.3) is 0 Å². The highest BCUT2D eigenvalue weighted by Crippen LogP contribution is 1.80. The number of nitrogens with one attached hydrogen (secondary N) is 2. The smallest absolute Gasteiger partial charge is 0.0670 e. The second-order valence-electron chi connectivity index (χ2n) is 1.36. The van der Waals surface area contributed by atoms with E-state index >= 15 is 0 Å². The first-order chi connectivity index (χ1) is 3.77. The maximum absolute atomic E-state index is 4.73. The summed E-state index contributed by atoms with van der Waals surface area (Å²) in [5.41, 5.74) is 5.25. The van der Waals surface area contributed by atoms with Gasteiger partial charge in [0.1, 0.15) is 0 Å². The molecule has 50 valence electrons. The normalized spacial score (nSPS) is 13.9. The number of rotatable bonds is 4. The van der Waals surface area contributed by atoms with Crippen molar-refractivity contribution in [2.75, 3.05) is 6.61 Å². The van der Waals surface area contributed by atoms with Crippen LogP contribution in [-0.4, -0.2) is 12.0 Å². The SMILES string of the molecule is CCONNC(C)S. The lowest BCUT2D eigenvalue weighted by Crippen LogP contribution is -2.35. The lowest BCUT2D eigenvalue weighted by molar-refractivity contribution is 0.0184. The molecule has 0 aliphatic heterocycles. The largest absolute Gasteiger partial charge is 0.287 e. The number of hydrogen-bond acceptors (Lipinski definition) is 4. The summed E-state index contributed by atoms with van der Waals surface area (Å²) in [6, 6.07) is 0. The highest BCUT2D eigenvalue weighted by molar-refractivity contribution is 7.80. The summed E-state index contributed by atoms with van der Waals surface area (Å²) >= 11 is 4.02. The van der Waals surface area contributed by atoms with Gasteiger partial charge in [-0.3, -0.25) is 4.84 Å². The highest BCUT2D eigenvalue weighted by Gasteiger charge is 1.86.